The summed E-state index contributed by atoms with van der Waals surface area (Å²) < 4.78 is 13.6. The smallest absolute Gasteiger partial charge is 0.123 e. The number of fused-ring (bicyclic) bond motifs is 4. The van der Waals surface area contributed by atoms with Gasteiger partial charge >= 0.3 is 0 Å². The molecule has 0 amide bonds. The minimum atomic E-state index is -0.244. The number of hydrogen-bond acceptors (Lipinski definition) is 2. The molecule has 1 aliphatic rings. The molecule has 5 aromatic rings. The fourth-order valence-electron chi connectivity index (χ4n) is 4.60. The van der Waals surface area contributed by atoms with Gasteiger partial charge in [0.2, 0.25) is 0 Å². The van der Waals surface area contributed by atoms with Gasteiger partial charge in [-0.05, 0) is 78.9 Å². The van der Waals surface area contributed by atoms with E-state index in [1.807, 2.05) is 12.1 Å². The van der Waals surface area contributed by atoms with Crippen LogP contribution in [0.3, 0.4) is 0 Å². The quantitative estimate of drug-likeness (QED) is 0.305. The standard InChI is InChI=1S/C29H21FN2/c1-18-6-8-19(9-7-18)24-17-28(20-10-12-22(30)13-11-20)32-29-23(24)14-15-27-25(29)16-21-4-2-3-5-26(21)31-27/h2-13,16-17H,14-15H2,1H3. The van der Waals surface area contributed by atoms with Crippen LogP contribution in [0.15, 0.2) is 84.9 Å². The Morgan fingerprint density at radius 1 is 0.719 bits per heavy atom. The van der Waals surface area contributed by atoms with E-state index >= 15 is 0 Å². The highest BCUT2D eigenvalue weighted by Gasteiger charge is 2.24. The number of halogens is 1. The zero-order chi connectivity index (χ0) is 21.7. The van der Waals surface area contributed by atoms with E-state index in [1.54, 1.807) is 12.1 Å². The Kier molecular flexibility index (Phi) is 4.36. The fraction of sp³-hybridized carbons (Fsp3) is 0.103. The highest BCUT2D eigenvalue weighted by atomic mass is 19.1. The van der Waals surface area contributed by atoms with Crippen molar-refractivity contribution >= 4 is 10.9 Å². The second-order valence-electron chi connectivity index (χ2n) is 8.43. The molecule has 0 bridgehead atoms. The molecule has 0 aliphatic heterocycles. The Labute approximate surface area is 186 Å². The highest BCUT2D eigenvalue weighted by molar-refractivity contribution is 5.88. The summed E-state index contributed by atoms with van der Waals surface area (Å²) in [5, 5.41) is 1.12. The largest absolute Gasteiger partial charge is 0.252 e. The maximum Gasteiger partial charge on any atom is 0.123 e. The molecular weight excluding hydrogens is 395 g/mol. The van der Waals surface area contributed by atoms with Gasteiger partial charge in [-0.3, -0.25) is 4.98 Å². The molecule has 2 nitrogen and oxygen atoms in total. The Morgan fingerprint density at radius 2 is 1.47 bits per heavy atom. The van der Waals surface area contributed by atoms with E-state index in [2.05, 4.69) is 55.5 Å². The van der Waals surface area contributed by atoms with Gasteiger partial charge in [-0.15, -0.1) is 0 Å². The first-order chi connectivity index (χ1) is 15.7. The molecule has 2 heterocycles. The zero-order valence-corrected chi connectivity index (χ0v) is 17.8. The van der Waals surface area contributed by atoms with E-state index in [0.717, 1.165) is 52.0 Å². The molecule has 32 heavy (non-hydrogen) atoms. The molecule has 154 valence electrons. The fourth-order valence-corrected chi connectivity index (χ4v) is 4.60. The van der Waals surface area contributed by atoms with Crippen molar-refractivity contribution in [1.82, 2.24) is 9.97 Å². The topological polar surface area (TPSA) is 25.8 Å². The van der Waals surface area contributed by atoms with Crippen molar-refractivity contribution < 1.29 is 4.39 Å². The number of hydrogen-bond donors (Lipinski definition) is 0. The number of pyridine rings is 2. The van der Waals surface area contributed by atoms with Crippen LogP contribution >= 0.6 is 0 Å². The SMILES string of the molecule is Cc1ccc(-c2cc(-c3ccc(F)cc3)nc3c2CCc2nc4ccccc4cc2-3)cc1. The number of para-hydroxylation sites is 1. The zero-order valence-electron chi connectivity index (χ0n) is 17.8. The summed E-state index contributed by atoms with van der Waals surface area (Å²) in [5.41, 5.74) is 10.8. The van der Waals surface area contributed by atoms with E-state index in [4.69, 9.17) is 9.97 Å². The van der Waals surface area contributed by atoms with Gasteiger partial charge in [-0.2, -0.15) is 0 Å². The maximum atomic E-state index is 13.6. The second-order valence-corrected chi connectivity index (χ2v) is 8.43. The number of aryl methyl sites for hydroxylation is 2. The van der Waals surface area contributed by atoms with Gasteiger partial charge in [-0.1, -0.05) is 48.0 Å². The van der Waals surface area contributed by atoms with Gasteiger partial charge in [0.1, 0.15) is 5.82 Å². The number of benzene rings is 3. The van der Waals surface area contributed by atoms with Crippen LogP contribution < -0.4 is 0 Å². The lowest BCUT2D eigenvalue weighted by Crippen LogP contribution is -2.10. The van der Waals surface area contributed by atoms with Gasteiger partial charge in [0, 0.05) is 16.5 Å². The molecule has 6 rings (SSSR count). The van der Waals surface area contributed by atoms with Gasteiger partial charge in [-0.25, -0.2) is 9.37 Å². The summed E-state index contributed by atoms with van der Waals surface area (Å²) in [5.74, 6) is -0.244. The summed E-state index contributed by atoms with van der Waals surface area (Å²) in [6.45, 7) is 2.10. The minimum absolute atomic E-state index is 0.244. The average Bonchev–Trinajstić information content (AvgIpc) is 2.83. The molecule has 0 unspecified atom stereocenters. The van der Waals surface area contributed by atoms with Crippen molar-refractivity contribution in [2.24, 2.45) is 0 Å². The summed E-state index contributed by atoms with van der Waals surface area (Å²) in [6.07, 6.45) is 1.79. The Hall–Kier alpha value is -3.85. The van der Waals surface area contributed by atoms with Crippen molar-refractivity contribution in [2.75, 3.05) is 0 Å². The molecule has 0 atom stereocenters. The van der Waals surface area contributed by atoms with Gasteiger partial charge < -0.3 is 0 Å². The molecule has 0 spiro atoms. The first-order valence-electron chi connectivity index (χ1n) is 10.9. The van der Waals surface area contributed by atoms with Crippen molar-refractivity contribution in [3.05, 3.63) is 108 Å². The minimum Gasteiger partial charge on any atom is -0.252 e. The third-order valence-corrected chi connectivity index (χ3v) is 6.30. The van der Waals surface area contributed by atoms with E-state index < -0.39 is 0 Å². The third-order valence-electron chi connectivity index (χ3n) is 6.30. The number of nitrogens with zero attached hydrogens (tertiary/aromatic N) is 2. The lowest BCUT2D eigenvalue weighted by molar-refractivity contribution is 0.628. The Morgan fingerprint density at radius 3 is 2.28 bits per heavy atom. The van der Waals surface area contributed by atoms with Crippen LogP contribution in [-0.4, -0.2) is 9.97 Å². The van der Waals surface area contributed by atoms with Crippen molar-refractivity contribution in [1.29, 1.82) is 0 Å². The van der Waals surface area contributed by atoms with E-state index in [-0.39, 0.29) is 5.82 Å². The lowest BCUT2D eigenvalue weighted by atomic mass is 9.85. The number of rotatable bonds is 2. The van der Waals surface area contributed by atoms with Crippen LogP contribution in [0, 0.1) is 12.7 Å². The molecule has 0 fully saturated rings. The third kappa shape index (κ3) is 3.18. The van der Waals surface area contributed by atoms with Crippen LogP contribution in [0.1, 0.15) is 16.8 Å². The summed E-state index contributed by atoms with van der Waals surface area (Å²) in [6, 6.07) is 27.8. The first kappa shape index (κ1) is 18.9. The molecule has 0 N–H and O–H groups in total. The van der Waals surface area contributed by atoms with Crippen LogP contribution in [0.5, 0.6) is 0 Å². The van der Waals surface area contributed by atoms with Gasteiger partial charge in [0.05, 0.1) is 22.6 Å². The Balaban J connectivity index is 1.63. The monoisotopic (exact) mass is 416 g/mol. The molecule has 1 aliphatic carbocycles. The van der Waals surface area contributed by atoms with Crippen LogP contribution in [0.25, 0.3) is 44.5 Å². The van der Waals surface area contributed by atoms with Gasteiger partial charge in [0.15, 0.2) is 0 Å². The molecule has 0 radical (unpaired) electrons. The number of aromatic nitrogens is 2. The van der Waals surface area contributed by atoms with Crippen molar-refractivity contribution in [3.8, 4) is 33.6 Å². The average molecular weight is 416 g/mol. The predicted molar refractivity (Wildman–Crippen MR) is 128 cm³/mol. The lowest BCUT2D eigenvalue weighted by Gasteiger charge is -2.23. The molecular formula is C29H21FN2. The van der Waals surface area contributed by atoms with E-state index in [9.17, 15) is 4.39 Å². The molecule has 3 aromatic carbocycles. The van der Waals surface area contributed by atoms with Crippen molar-refractivity contribution in [2.45, 2.75) is 19.8 Å². The van der Waals surface area contributed by atoms with Crippen LogP contribution in [0.2, 0.25) is 0 Å². The molecule has 2 aromatic heterocycles. The highest BCUT2D eigenvalue weighted by Crippen LogP contribution is 2.40. The molecule has 0 saturated carbocycles. The van der Waals surface area contributed by atoms with Crippen molar-refractivity contribution in [3.63, 3.8) is 0 Å². The van der Waals surface area contributed by atoms with Crippen LogP contribution in [0.4, 0.5) is 4.39 Å². The van der Waals surface area contributed by atoms with E-state index in [1.165, 1.54) is 34.4 Å². The summed E-state index contributed by atoms with van der Waals surface area (Å²) >= 11 is 0. The summed E-state index contributed by atoms with van der Waals surface area (Å²) in [4.78, 5) is 10.1. The van der Waals surface area contributed by atoms with Crippen LogP contribution in [-0.2, 0) is 12.8 Å². The summed E-state index contributed by atoms with van der Waals surface area (Å²) in [7, 11) is 0. The molecule has 0 saturated heterocycles. The molecule has 3 heteroatoms. The van der Waals surface area contributed by atoms with E-state index in [0.29, 0.717) is 0 Å². The predicted octanol–water partition coefficient (Wildman–Crippen LogP) is 7.18. The normalized spacial score (nSPS) is 12.4. The first-order valence-corrected chi connectivity index (χ1v) is 10.9. The maximum absolute atomic E-state index is 13.6. The Bertz CT molecular complexity index is 1470. The van der Waals surface area contributed by atoms with Gasteiger partial charge in [0.25, 0.3) is 0 Å². The second kappa shape index (κ2) is 7.38.